The molecule has 2 aromatic rings. The number of nitrogens with zero attached hydrogens (tertiary/aromatic N) is 1. The molecule has 0 aliphatic heterocycles. The molecule has 0 saturated carbocycles. The van der Waals surface area contributed by atoms with Gasteiger partial charge in [0.2, 0.25) is 5.91 Å². The largest absolute Gasteiger partial charge is 0.322 e. The van der Waals surface area contributed by atoms with Crippen molar-refractivity contribution >= 4 is 35.0 Å². The molecule has 0 unspecified atom stereocenters. The van der Waals surface area contributed by atoms with Gasteiger partial charge in [0, 0.05) is 28.9 Å². The van der Waals surface area contributed by atoms with Crippen LogP contribution in [0.3, 0.4) is 0 Å². The number of nitro benzene ring substituents is 1. The van der Waals surface area contributed by atoms with Crippen LogP contribution in [0.1, 0.15) is 11.1 Å². The number of hydrogen-bond acceptors (Lipinski definition) is 3. The third kappa shape index (κ3) is 4.17. The molecular formula is C16H13ClN2O3. The van der Waals surface area contributed by atoms with Gasteiger partial charge in [-0.2, -0.15) is 0 Å². The van der Waals surface area contributed by atoms with E-state index in [1.165, 1.54) is 24.3 Å². The third-order valence-electron chi connectivity index (χ3n) is 2.95. The van der Waals surface area contributed by atoms with E-state index < -0.39 is 4.92 Å². The van der Waals surface area contributed by atoms with E-state index >= 15 is 0 Å². The Morgan fingerprint density at radius 2 is 2.05 bits per heavy atom. The fraction of sp³-hybridized carbons (Fsp3) is 0.0625. The molecule has 0 aromatic heterocycles. The lowest BCUT2D eigenvalue weighted by molar-refractivity contribution is -0.384. The third-order valence-corrected chi connectivity index (χ3v) is 3.19. The van der Waals surface area contributed by atoms with Crippen LogP contribution in [0.15, 0.2) is 48.5 Å². The number of halogens is 1. The maximum absolute atomic E-state index is 11.9. The van der Waals surface area contributed by atoms with Gasteiger partial charge in [0.05, 0.1) is 4.92 Å². The van der Waals surface area contributed by atoms with E-state index in [9.17, 15) is 14.9 Å². The fourth-order valence-electron chi connectivity index (χ4n) is 1.86. The lowest BCUT2D eigenvalue weighted by Crippen LogP contribution is -2.09. The Morgan fingerprint density at radius 1 is 1.27 bits per heavy atom. The zero-order valence-corrected chi connectivity index (χ0v) is 12.5. The minimum Gasteiger partial charge on any atom is -0.322 e. The number of nitro groups is 1. The van der Waals surface area contributed by atoms with Gasteiger partial charge in [-0.15, -0.1) is 0 Å². The summed E-state index contributed by atoms with van der Waals surface area (Å²) in [4.78, 5) is 22.1. The van der Waals surface area contributed by atoms with Crippen LogP contribution in [0.5, 0.6) is 0 Å². The van der Waals surface area contributed by atoms with Crippen molar-refractivity contribution in [2.24, 2.45) is 0 Å². The second-order valence-corrected chi connectivity index (χ2v) is 5.07. The maximum Gasteiger partial charge on any atom is 0.269 e. The quantitative estimate of drug-likeness (QED) is 0.521. The summed E-state index contributed by atoms with van der Waals surface area (Å²) in [5, 5.41) is 13.9. The summed E-state index contributed by atoms with van der Waals surface area (Å²) in [7, 11) is 0. The zero-order chi connectivity index (χ0) is 16.1. The van der Waals surface area contributed by atoms with Crippen molar-refractivity contribution in [2.45, 2.75) is 6.92 Å². The number of non-ortho nitro benzene ring substituents is 1. The standard InChI is InChI=1S/C16H13ClN2O3/c1-11-9-14(19(21)22)6-7-15(11)18-16(20)8-5-12-3-2-4-13(17)10-12/h2-10H,1H3,(H,18,20). The van der Waals surface area contributed by atoms with Gasteiger partial charge in [-0.1, -0.05) is 23.7 Å². The second-order valence-electron chi connectivity index (χ2n) is 4.63. The normalized spacial score (nSPS) is 10.6. The van der Waals surface area contributed by atoms with Crippen LogP contribution >= 0.6 is 11.6 Å². The Balaban J connectivity index is 2.07. The molecule has 0 atom stereocenters. The molecule has 0 fully saturated rings. The van der Waals surface area contributed by atoms with Crippen molar-refractivity contribution in [1.82, 2.24) is 0 Å². The van der Waals surface area contributed by atoms with Crippen molar-refractivity contribution in [1.29, 1.82) is 0 Å². The van der Waals surface area contributed by atoms with E-state index in [4.69, 9.17) is 11.6 Å². The first-order chi connectivity index (χ1) is 10.5. The lowest BCUT2D eigenvalue weighted by atomic mass is 10.1. The molecule has 1 N–H and O–H groups in total. The van der Waals surface area contributed by atoms with Crippen molar-refractivity contribution in [3.05, 3.63) is 74.8 Å². The van der Waals surface area contributed by atoms with Crippen LogP contribution in [0.4, 0.5) is 11.4 Å². The Morgan fingerprint density at radius 3 is 2.68 bits per heavy atom. The van der Waals surface area contributed by atoms with Crippen LogP contribution in [0.25, 0.3) is 6.08 Å². The van der Waals surface area contributed by atoms with E-state index in [1.54, 1.807) is 31.2 Å². The molecule has 0 saturated heterocycles. The summed E-state index contributed by atoms with van der Waals surface area (Å²) >= 11 is 5.86. The Kier molecular flexibility index (Phi) is 4.91. The highest BCUT2D eigenvalue weighted by Crippen LogP contribution is 2.21. The number of hydrogen-bond donors (Lipinski definition) is 1. The highest BCUT2D eigenvalue weighted by molar-refractivity contribution is 6.30. The van der Waals surface area contributed by atoms with Gasteiger partial charge in [-0.3, -0.25) is 14.9 Å². The number of benzene rings is 2. The van der Waals surface area contributed by atoms with Crippen LogP contribution in [0, 0.1) is 17.0 Å². The summed E-state index contributed by atoms with van der Waals surface area (Å²) in [5.41, 5.74) is 1.96. The first-order valence-electron chi connectivity index (χ1n) is 6.45. The zero-order valence-electron chi connectivity index (χ0n) is 11.7. The van der Waals surface area contributed by atoms with Gasteiger partial charge >= 0.3 is 0 Å². The van der Waals surface area contributed by atoms with Crippen LogP contribution in [-0.2, 0) is 4.79 Å². The molecule has 0 aliphatic carbocycles. The molecular weight excluding hydrogens is 304 g/mol. The Labute approximate surface area is 132 Å². The topological polar surface area (TPSA) is 72.2 Å². The van der Waals surface area contributed by atoms with E-state index in [2.05, 4.69) is 5.32 Å². The lowest BCUT2D eigenvalue weighted by Gasteiger charge is -2.05. The van der Waals surface area contributed by atoms with Gasteiger partial charge in [0.1, 0.15) is 0 Å². The minimum atomic E-state index is -0.475. The molecule has 5 nitrogen and oxygen atoms in total. The number of anilines is 1. The average molecular weight is 317 g/mol. The number of carbonyl (C=O) groups excluding carboxylic acids is 1. The predicted octanol–water partition coefficient (Wildman–Crippen LogP) is 4.21. The molecule has 6 heteroatoms. The summed E-state index contributed by atoms with van der Waals surface area (Å²) in [5.74, 6) is -0.322. The highest BCUT2D eigenvalue weighted by atomic mass is 35.5. The molecule has 22 heavy (non-hydrogen) atoms. The number of amides is 1. The molecule has 2 rings (SSSR count). The fourth-order valence-corrected chi connectivity index (χ4v) is 2.06. The van der Waals surface area contributed by atoms with E-state index in [0.29, 0.717) is 16.3 Å². The molecule has 2 aromatic carbocycles. The summed E-state index contributed by atoms with van der Waals surface area (Å²) in [6.45, 7) is 1.70. The van der Waals surface area contributed by atoms with Crippen molar-refractivity contribution in [3.63, 3.8) is 0 Å². The van der Waals surface area contributed by atoms with Gasteiger partial charge < -0.3 is 5.32 Å². The van der Waals surface area contributed by atoms with E-state index in [0.717, 1.165) is 5.56 Å². The molecule has 112 valence electrons. The minimum absolute atomic E-state index is 0.00929. The predicted molar refractivity (Wildman–Crippen MR) is 86.9 cm³/mol. The van der Waals surface area contributed by atoms with Gasteiger partial charge in [0.25, 0.3) is 5.69 Å². The van der Waals surface area contributed by atoms with Gasteiger partial charge in [-0.25, -0.2) is 0 Å². The van der Waals surface area contributed by atoms with Gasteiger partial charge in [-0.05, 0) is 42.3 Å². The molecule has 0 heterocycles. The van der Waals surface area contributed by atoms with Crippen molar-refractivity contribution in [2.75, 3.05) is 5.32 Å². The summed E-state index contributed by atoms with van der Waals surface area (Å²) in [6.07, 6.45) is 3.02. The highest BCUT2D eigenvalue weighted by Gasteiger charge is 2.09. The Bertz CT molecular complexity index is 757. The van der Waals surface area contributed by atoms with Crippen LogP contribution in [-0.4, -0.2) is 10.8 Å². The second kappa shape index (κ2) is 6.87. The SMILES string of the molecule is Cc1cc([N+](=O)[O-])ccc1NC(=O)C=Cc1cccc(Cl)c1. The molecule has 0 bridgehead atoms. The number of carbonyl (C=O) groups is 1. The first-order valence-corrected chi connectivity index (χ1v) is 6.83. The summed E-state index contributed by atoms with van der Waals surface area (Å²) in [6, 6.07) is 11.4. The number of aryl methyl sites for hydroxylation is 1. The average Bonchev–Trinajstić information content (AvgIpc) is 2.47. The number of nitrogens with one attached hydrogen (secondary N) is 1. The van der Waals surface area contributed by atoms with Crippen molar-refractivity contribution < 1.29 is 9.72 Å². The number of rotatable bonds is 4. The molecule has 0 aliphatic rings. The van der Waals surface area contributed by atoms with Crippen LogP contribution < -0.4 is 5.32 Å². The smallest absolute Gasteiger partial charge is 0.269 e. The van der Waals surface area contributed by atoms with Crippen molar-refractivity contribution in [3.8, 4) is 0 Å². The molecule has 1 amide bonds. The van der Waals surface area contributed by atoms with Gasteiger partial charge in [0.15, 0.2) is 0 Å². The summed E-state index contributed by atoms with van der Waals surface area (Å²) < 4.78 is 0. The monoisotopic (exact) mass is 316 g/mol. The Hall–Kier alpha value is -2.66. The maximum atomic E-state index is 11.9. The molecule has 0 radical (unpaired) electrons. The van der Waals surface area contributed by atoms with E-state index in [1.807, 2.05) is 6.07 Å². The van der Waals surface area contributed by atoms with E-state index in [-0.39, 0.29) is 11.6 Å². The molecule has 0 spiro atoms. The van der Waals surface area contributed by atoms with Crippen LogP contribution in [0.2, 0.25) is 5.02 Å². The first kappa shape index (κ1) is 15.7.